The van der Waals surface area contributed by atoms with Crippen LogP contribution in [0.2, 0.25) is 0 Å². The van der Waals surface area contributed by atoms with E-state index in [0.29, 0.717) is 4.68 Å². The highest BCUT2D eigenvalue weighted by molar-refractivity contribution is 7.92. The monoisotopic (exact) mass is 345 g/mol. The molecule has 10 nitrogen and oxygen atoms in total. The van der Waals surface area contributed by atoms with Crippen LogP contribution in [0.5, 0.6) is 0 Å². The summed E-state index contributed by atoms with van der Waals surface area (Å²) in [7, 11) is -4.10. The van der Waals surface area contributed by atoms with Crippen LogP contribution >= 0.6 is 0 Å². The molecular weight excluding hydrogens is 334 g/mol. The summed E-state index contributed by atoms with van der Waals surface area (Å²) in [6.07, 6.45) is 0. The van der Waals surface area contributed by atoms with E-state index in [1.807, 2.05) is 0 Å². The van der Waals surface area contributed by atoms with E-state index in [1.54, 1.807) is 12.1 Å². The van der Waals surface area contributed by atoms with Gasteiger partial charge in [0.15, 0.2) is 5.82 Å². The Morgan fingerprint density at radius 2 is 1.92 bits per heavy atom. The van der Waals surface area contributed by atoms with E-state index in [2.05, 4.69) is 15.0 Å². The van der Waals surface area contributed by atoms with Crippen LogP contribution in [0.4, 0.5) is 11.6 Å². The lowest BCUT2D eigenvalue weighted by Gasteiger charge is -2.14. The zero-order valence-electron chi connectivity index (χ0n) is 12.0. The van der Waals surface area contributed by atoms with Crippen LogP contribution in [0.25, 0.3) is 10.9 Å². The number of H-pyrrole nitrogens is 1. The molecule has 2 aromatic heterocycles. The van der Waals surface area contributed by atoms with Crippen LogP contribution < -0.4 is 21.9 Å². The molecule has 0 aliphatic rings. The number of nitrogens with one attached hydrogen (secondary N) is 2. The predicted molar refractivity (Wildman–Crippen MR) is 86.9 cm³/mol. The minimum absolute atomic E-state index is 0.0488. The lowest BCUT2D eigenvalue weighted by molar-refractivity contribution is 0.595. The van der Waals surface area contributed by atoms with E-state index in [9.17, 15) is 18.5 Å². The fourth-order valence-electron chi connectivity index (χ4n) is 2.19. The summed E-state index contributed by atoms with van der Waals surface area (Å²) in [4.78, 5) is 14.5. The molecule has 0 atom stereocenters. The van der Waals surface area contributed by atoms with Crippen LogP contribution in [0.15, 0.2) is 40.0 Å². The summed E-state index contributed by atoms with van der Waals surface area (Å²) in [5, 5.41) is 15.2. The van der Waals surface area contributed by atoms with Gasteiger partial charge in [0.25, 0.3) is 15.6 Å². The molecule has 2 heterocycles. The van der Waals surface area contributed by atoms with Crippen LogP contribution in [0, 0.1) is 11.3 Å². The molecule has 0 saturated carbocycles. The molecule has 0 aliphatic carbocycles. The Balaban J connectivity index is 2.26. The molecule has 3 aromatic rings. The van der Waals surface area contributed by atoms with E-state index in [0.717, 1.165) is 0 Å². The summed E-state index contributed by atoms with van der Waals surface area (Å²) < 4.78 is 25.4. The standard InChI is InChI=1S/C13H11N7O3S/c14-6-8-10-9(11(15)18-17-10)13(21)20(12(8)16)19-24(22,23)7-4-2-1-3-5-7/h1-5,19H,16H2,(H3,15,17,18). The lowest BCUT2D eigenvalue weighted by Crippen LogP contribution is -2.35. The molecule has 0 spiro atoms. The lowest BCUT2D eigenvalue weighted by atomic mass is 10.2. The number of fused-ring (bicyclic) bond motifs is 1. The summed E-state index contributed by atoms with van der Waals surface area (Å²) in [6.45, 7) is 0. The van der Waals surface area contributed by atoms with Gasteiger partial charge in [0, 0.05) is 0 Å². The van der Waals surface area contributed by atoms with Crippen molar-refractivity contribution in [3.05, 3.63) is 46.2 Å². The number of hydrogen-bond donors (Lipinski definition) is 4. The van der Waals surface area contributed by atoms with Crippen LogP contribution in [0.3, 0.4) is 0 Å². The molecule has 0 bridgehead atoms. The van der Waals surface area contributed by atoms with Gasteiger partial charge in [-0.25, -0.2) is 4.83 Å². The van der Waals surface area contributed by atoms with Crippen LogP contribution in [-0.4, -0.2) is 23.3 Å². The number of sulfonamides is 1. The summed E-state index contributed by atoms with van der Waals surface area (Å²) in [6, 6.07) is 9.19. The van der Waals surface area contributed by atoms with E-state index in [-0.39, 0.29) is 33.0 Å². The molecule has 0 saturated heterocycles. The number of hydrogen-bond acceptors (Lipinski definition) is 7. The SMILES string of the molecule is N#Cc1c(N)n(NS(=O)(=O)c2ccccc2)c(=O)c2c(N)n[nH]c12. The predicted octanol–water partition coefficient (Wildman–Crippen LogP) is -0.307. The molecule has 3 rings (SSSR count). The fraction of sp³-hybridized carbons (Fsp3) is 0. The van der Waals surface area contributed by atoms with Gasteiger partial charge in [-0.2, -0.15) is 23.5 Å². The Kier molecular flexibility index (Phi) is 3.39. The number of nitrogen functional groups attached to an aromatic ring is 2. The first-order chi connectivity index (χ1) is 11.4. The summed E-state index contributed by atoms with van der Waals surface area (Å²) in [5.41, 5.74) is 10.5. The zero-order valence-corrected chi connectivity index (χ0v) is 12.8. The molecule has 1 aromatic carbocycles. The molecule has 0 fully saturated rings. The maximum absolute atomic E-state index is 12.5. The van der Waals surface area contributed by atoms with Crippen molar-refractivity contribution in [2.24, 2.45) is 0 Å². The number of nitrogens with zero attached hydrogens (tertiary/aromatic N) is 3. The number of aromatic nitrogens is 3. The minimum atomic E-state index is -4.10. The average molecular weight is 345 g/mol. The van der Waals surface area contributed by atoms with Crippen molar-refractivity contribution in [2.75, 3.05) is 16.3 Å². The second-order valence-electron chi connectivity index (χ2n) is 4.78. The zero-order chi connectivity index (χ0) is 17.5. The number of nitrogens with two attached hydrogens (primary N) is 2. The first-order valence-electron chi connectivity index (χ1n) is 6.53. The summed E-state index contributed by atoms with van der Waals surface area (Å²) >= 11 is 0. The van der Waals surface area contributed by atoms with Crippen molar-refractivity contribution < 1.29 is 8.42 Å². The van der Waals surface area contributed by atoms with Crippen molar-refractivity contribution in [3.8, 4) is 6.07 Å². The van der Waals surface area contributed by atoms with Crippen LogP contribution in [-0.2, 0) is 10.0 Å². The highest BCUT2D eigenvalue weighted by Crippen LogP contribution is 2.22. The molecule has 0 amide bonds. The Bertz CT molecular complexity index is 1140. The number of rotatable bonds is 3. The van der Waals surface area contributed by atoms with Crippen LogP contribution in [0.1, 0.15) is 5.56 Å². The largest absolute Gasteiger partial charge is 0.382 e. The number of benzene rings is 1. The van der Waals surface area contributed by atoms with Crippen molar-refractivity contribution >= 4 is 32.6 Å². The van der Waals surface area contributed by atoms with Gasteiger partial charge in [-0.15, -0.1) is 0 Å². The molecule has 122 valence electrons. The first kappa shape index (κ1) is 15.4. The smallest absolute Gasteiger partial charge is 0.284 e. The average Bonchev–Trinajstić information content (AvgIpc) is 2.94. The maximum atomic E-state index is 12.5. The molecule has 11 heteroatoms. The topological polar surface area (TPSA) is 173 Å². The van der Waals surface area contributed by atoms with E-state index < -0.39 is 15.6 Å². The van der Waals surface area contributed by atoms with E-state index in [1.165, 1.54) is 24.3 Å². The molecular formula is C13H11N7O3S. The third kappa shape index (κ3) is 2.22. The maximum Gasteiger partial charge on any atom is 0.284 e. The van der Waals surface area contributed by atoms with Crippen molar-refractivity contribution in [1.29, 1.82) is 5.26 Å². The normalized spacial score (nSPS) is 11.3. The number of aromatic amines is 1. The van der Waals surface area contributed by atoms with Gasteiger partial charge in [0.1, 0.15) is 22.8 Å². The Hall–Kier alpha value is -3.52. The van der Waals surface area contributed by atoms with Crippen molar-refractivity contribution in [1.82, 2.24) is 14.9 Å². The van der Waals surface area contributed by atoms with Gasteiger partial charge in [0.2, 0.25) is 0 Å². The molecule has 0 radical (unpaired) electrons. The highest BCUT2D eigenvalue weighted by atomic mass is 32.2. The number of anilines is 2. The second kappa shape index (κ2) is 5.28. The van der Waals surface area contributed by atoms with E-state index in [4.69, 9.17) is 11.5 Å². The van der Waals surface area contributed by atoms with Crippen molar-refractivity contribution in [3.63, 3.8) is 0 Å². The molecule has 0 aliphatic heterocycles. The Morgan fingerprint density at radius 1 is 1.25 bits per heavy atom. The van der Waals surface area contributed by atoms with Gasteiger partial charge in [-0.1, -0.05) is 18.2 Å². The number of nitriles is 1. The molecule has 6 N–H and O–H groups in total. The highest BCUT2D eigenvalue weighted by Gasteiger charge is 2.22. The van der Waals surface area contributed by atoms with Gasteiger partial charge in [0.05, 0.1) is 10.4 Å². The van der Waals surface area contributed by atoms with Gasteiger partial charge in [-0.3, -0.25) is 9.89 Å². The third-order valence-electron chi connectivity index (χ3n) is 3.34. The first-order valence-corrected chi connectivity index (χ1v) is 8.01. The fourth-order valence-corrected chi connectivity index (χ4v) is 3.23. The van der Waals surface area contributed by atoms with Crippen molar-refractivity contribution in [2.45, 2.75) is 4.90 Å². The Morgan fingerprint density at radius 3 is 2.54 bits per heavy atom. The molecule has 24 heavy (non-hydrogen) atoms. The number of pyridine rings is 1. The van der Waals surface area contributed by atoms with Gasteiger partial charge in [-0.05, 0) is 12.1 Å². The minimum Gasteiger partial charge on any atom is -0.382 e. The quantitative estimate of drug-likeness (QED) is 0.504. The van der Waals surface area contributed by atoms with Gasteiger partial charge < -0.3 is 11.5 Å². The Labute approximate surface area is 135 Å². The third-order valence-corrected chi connectivity index (χ3v) is 4.65. The van der Waals surface area contributed by atoms with Gasteiger partial charge >= 0.3 is 0 Å². The summed E-state index contributed by atoms with van der Waals surface area (Å²) in [5.74, 6) is -0.544. The molecule has 0 unspecified atom stereocenters. The van der Waals surface area contributed by atoms with E-state index >= 15 is 0 Å². The second-order valence-corrected chi connectivity index (χ2v) is 6.44.